The van der Waals surface area contributed by atoms with Gasteiger partial charge in [0.1, 0.15) is 17.0 Å². The van der Waals surface area contributed by atoms with Gasteiger partial charge >= 0.3 is 0 Å². The van der Waals surface area contributed by atoms with Crippen molar-refractivity contribution in [2.45, 2.75) is 88.4 Å². The van der Waals surface area contributed by atoms with Crippen LogP contribution in [0.1, 0.15) is 71.0 Å². The molecule has 2 fully saturated rings. The first-order valence-electron chi connectivity index (χ1n) is 10.4. The van der Waals surface area contributed by atoms with Crippen LogP contribution in [0, 0.1) is 5.82 Å². The molecule has 1 aromatic heterocycles. The molecule has 0 atom stereocenters. The van der Waals surface area contributed by atoms with Crippen molar-refractivity contribution in [3.63, 3.8) is 0 Å². The fourth-order valence-electron chi connectivity index (χ4n) is 4.32. The average Bonchev–Trinajstić information content (AvgIpc) is 2.68. The van der Waals surface area contributed by atoms with Gasteiger partial charge in [-0.25, -0.2) is 9.37 Å². The van der Waals surface area contributed by atoms with E-state index < -0.39 is 11.4 Å². The molecule has 0 amide bonds. The first kappa shape index (κ1) is 22.1. The number of nitrogens with zero attached hydrogens (tertiary/aromatic N) is 1. The number of hydrogen-bond acceptors (Lipinski definition) is 5. The van der Waals surface area contributed by atoms with Crippen LogP contribution in [0.25, 0.3) is 10.9 Å². The third kappa shape index (κ3) is 5.51. The number of aliphatic hydroxyl groups is 1. The third-order valence-electron chi connectivity index (χ3n) is 5.89. The zero-order valence-electron chi connectivity index (χ0n) is 16.0. The molecular formula is C22H32FN3O2S. The van der Waals surface area contributed by atoms with Crippen molar-refractivity contribution < 1.29 is 9.50 Å². The van der Waals surface area contributed by atoms with E-state index in [0.717, 1.165) is 38.5 Å². The van der Waals surface area contributed by atoms with Crippen LogP contribution in [0.5, 0.6) is 0 Å². The van der Waals surface area contributed by atoms with Crippen LogP contribution in [0.3, 0.4) is 0 Å². The molecule has 3 N–H and O–H groups in total. The molecule has 4 rings (SSSR count). The Morgan fingerprint density at radius 3 is 2.59 bits per heavy atom. The molecule has 160 valence electrons. The smallest absolute Gasteiger partial charge is 0.261 e. The molecule has 2 aromatic rings. The highest BCUT2D eigenvalue weighted by Crippen LogP contribution is 2.30. The van der Waals surface area contributed by atoms with Crippen molar-refractivity contribution in [3.05, 3.63) is 34.1 Å². The number of hydrogen-bond donors (Lipinski definition) is 3. The Kier molecular flexibility index (Phi) is 7.57. The number of nitrogens with one attached hydrogen (secondary N) is 2. The van der Waals surface area contributed by atoms with Crippen molar-refractivity contribution in [1.29, 1.82) is 0 Å². The van der Waals surface area contributed by atoms with Crippen LogP contribution in [0.4, 0.5) is 10.1 Å². The fourth-order valence-corrected chi connectivity index (χ4v) is 5.45. The number of rotatable bonds is 5. The van der Waals surface area contributed by atoms with Crippen molar-refractivity contribution in [1.82, 2.24) is 9.97 Å². The minimum atomic E-state index is -0.523. The number of H-pyrrole nitrogens is 1. The van der Waals surface area contributed by atoms with Crippen molar-refractivity contribution in [2.24, 2.45) is 0 Å². The number of anilines is 1. The van der Waals surface area contributed by atoms with Gasteiger partial charge in [0.25, 0.3) is 5.56 Å². The van der Waals surface area contributed by atoms with Gasteiger partial charge in [-0.3, -0.25) is 4.79 Å². The second-order valence-electron chi connectivity index (χ2n) is 8.09. The summed E-state index contributed by atoms with van der Waals surface area (Å²) in [6.45, 7) is 0. The topological polar surface area (TPSA) is 78.0 Å². The van der Waals surface area contributed by atoms with Gasteiger partial charge in [0, 0.05) is 17.0 Å². The first-order chi connectivity index (χ1) is 13.6. The SMILES string of the molecule is C.O=c1[nH]c(CSC2CCC(O)CC2)nc2cc(NC3CCCCC3)cc(F)c12. The summed E-state index contributed by atoms with van der Waals surface area (Å²) in [5.41, 5.74) is 0.702. The normalized spacial score (nSPS) is 23.0. The number of aliphatic hydroxyl groups excluding tert-OH is 1. The van der Waals surface area contributed by atoms with E-state index in [1.165, 1.54) is 25.3 Å². The Balaban J connectivity index is 0.00000240. The number of aromatic nitrogens is 2. The van der Waals surface area contributed by atoms with Crippen LogP contribution < -0.4 is 10.9 Å². The largest absolute Gasteiger partial charge is 0.393 e. The number of aromatic amines is 1. The highest BCUT2D eigenvalue weighted by Gasteiger charge is 2.20. The zero-order valence-corrected chi connectivity index (χ0v) is 16.9. The van der Waals surface area contributed by atoms with Crippen molar-refractivity contribution >= 4 is 28.4 Å². The van der Waals surface area contributed by atoms with E-state index in [9.17, 15) is 14.3 Å². The van der Waals surface area contributed by atoms with Gasteiger partial charge in [-0.05, 0) is 50.7 Å². The van der Waals surface area contributed by atoms with E-state index in [4.69, 9.17) is 0 Å². The van der Waals surface area contributed by atoms with E-state index in [1.807, 2.05) is 0 Å². The van der Waals surface area contributed by atoms with Gasteiger partial charge in [-0.1, -0.05) is 26.7 Å². The maximum Gasteiger partial charge on any atom is 0.261 e. The molecule has 1 heterocycles. The third-order valence-corrected chi connectivity index (χ3v) is 7.27. The van der Waals surface area contributed by atoms with E-state index in [0.29, 0.717) is 34.1 Å². The minimum absolute atomic E-state index is 0. The second kappa shape index (κ2) is 9.94. The molecule has 2 saturated carbocycles. The Bertz CT molecular complexity index is 874. The standard InChI is InChI=1S/C21H28FN3O2S.CH4/c22-17-10-14(23-13-4-2-1-3-5-13)11-18-20(17)21(27)25-19(24-18)12-28-16-8-6-15(26)7-9-16;/h10-11,13,15-16,23,26H,1-9,12H2,(H,24,25,27);1H4. The molecule has 1 aromatic carbocycles. The Morgan fingerprint density at radius 1 is 1.14 bits per heavy atom. The highest BCUT2D eigenvalue weighted by molar-refractivity contribution is 7.99. The van der Waals surface area contributed by atoms with Gasteiger partial charge in [0.2, 0.25) is 0 Å². The summed E-state index contributed by atoms with van der Waals surface area (Å²) < 4.78 is 14.6. The molecular weight excluding hydrogens is 389 g/mol. The summed E-state index contributed by atoms with van der Waals surface area (Å²) in [5.74, 6) is 0.654. The van der Waals surface area contributed by atoms with E-state index in [-0.39, 0.29) is 18.9 Å². The molecule has 29 heavy (non-hydrogen) atoms. The maximum absolute atomic E-state index is 14.6. The summed E-state index contributed by atoms with van der Waals surface area (Å²) in [5, 5.41) is 13.5. The number of fused-ring (bicyclic) bond motifs is 1. The summed E-state index contributed by atoms with van der Waals surface area (Å²) in [6.07, 6.45) is 9.32. The molecule has 0 aliphatic heterocycles. The van der Waals surface area contributed by atoms with Gasteiger partial charge in [-0.2, -0.15) is 11.8 Å². The zero-order chi connectivity index (χ0) is 19.5. The predicted octanol–water partition coefficient (Wildman–Crippen LogP) is 4.98. The molecule has 0 unspecified atom stereocenters. The number of halogens is 1. The number of benzene rings is 1. The van der Waals surface area contributed by atoms with E-state index in [2.05, 4.69) is 15.3 Å². The summed E-state index contributed by atoms with van der Waals surface area (Å²) >= 11 is 1.75. The summed E-state index contributed by atoms with van der Waals surface area (Å²) in [7, 11) is 0. The Labute approximate surface area is 175 Å². The summed E-state index contributed by atoms with van der Waals surface area (Å²) in [4.78, 5) is 19.7. The lowest BCUT2D eigenvalue weighted by Crippen LogP contribution is -2.22. The summed E-state index contributed by atoms with van der Waals surface area (Å²) in [6, 6.07) is 3.58. The van der Waals surface area contributed by atoms with Gasteiger partial charge in [0.05, 0.1) is 17.4 Å². The van der Waals surface area contributed by atoms with E-state index in [1.54, 1.807) is 17.8 Å². The van der Waals surface area contributed by atoms with Gasteiger partial charge in [0.15, 0.2) is 0 Å². The van der Waals surface area contributed by atoms with Crippen LogP contribution in [-0.2, 0) is 5.75 Å². The lowest BCUT2D eigenvalue weighted by Gasteiger charge is -2.24. The molecule has 2 aliphatic rings. The van der Waals surface area contributed by atoms with Gasteiger partial charge < -0.3 is 15.4 Å². The molecule has 0 spiro atoms. The highest BCUT2D eigenvalue weighted by atomic mass is 32.2. The van der Waals surface area contributed by atoms with Crippen molar-refractivity contribution in [2.75, 3.05) is 5.32 Å². The Hall–Kier alpha value is -1.60. The lowest BCUT2D eigenvalue weighted by atomic mass is 9.95. The van der Waals surface area contributed by atoms with E-state index >= 15 is 0 Å². The van der Waals surface area contributed by atoms with Gasteiger partial charge in [-0.15, -0.1) is 0 Å². The van der Waals surface area contributed by atoms with Crippen LogP contribution >= 0.6 is 11.8 Å². The van der Waals surface area contributed by atoms with Crippen molar-refractivity contribution in [3.8, 4) is 0 Å². The lowest BCUT2D eigenvalue weighted by molar-refractivity contribution is 0.132. The monoisotopic (exact) mass is 421 g/mol. The van der Waals surface area contributed by atoms with Crippen LogP contribution in [-0.4, -0.2) is 32.5 Å². The molecule has 7 heteroatoms. The number of thioether (sulfide) groups is 1. The molecule has 0 saturated heterocycles. The van der Waals surface area contributed by atoms with Crippen LogP contribution in [0.15, 0.2) is 16.9 Å². The van der Waals surface area contributed by atoms with Crippen LogP contribution in [0.2, 0.25) is 0 Å². The molecule has 0 radical (unpaired) electrons. The quantitative estimate of drug-likeness (QED) is 0.635. The maximum atomic E-state index is 14.6. The minimum Gasteiger partial charge on any atom is -0.393 e. The fraction of sp³-hybridized carbons (Fsp3) is 0.636. The molecule has 5 nitrogen and oxygen atoms in total. The average molecular weight is 422 g/mol. The second-order valence-corrected chi connectivity index (χ2v) is 9.37. The first-order valence-corrected chi connectivity index (χ1v) is 11.4. The molecule has 0 bridgehead atoms. The Morgan fingerprint density at radius 2 is 1.86 bits per heavy atom. The molecule has 2 aliphatic carbocycles. The predicted molar refractivity (Wildman–Crippen MR) is 119 cm³/mol.